The van der Waals surface area contributed by atoms with E-state index >= 15 is 0 Å². The number of ether oxygens (including phenoxy) is 2. The maximum absolute atomic E-state index is 5.76. The highest BCUT2D eigenvalue weighted by Crippen LogP contribution is 2.28. The van der Waals surface area contributed by atoms with Crippen molar-refractivity contribution in [3.05, 3.63) is 29.8 Å². The van der Waals surface area contributed by atoms with Crippen LogP contribution in [0.25, 0.3) is 0 Å². The summed E-state index contributed by atoms with van der Waals surface area (Å²) in [5.41, 5.74) is 1.18. The van der Waals surface area contributed by atoms with E-state index in [1.807, 2.05) is 12.1 Å². The van der Waals surface area contributed by atoms with Gasteiger partial charge in [0.25, 0.3) is 0 Å². The molecule has 0 unspecified atom stereocenters. The lowest BCUT2D eigenvalue weighted by molar-refractivity contribution is 0.123. The summed E-state index contributed by atoms with van der Waals surface area (Å²) in [5.74, 6) is 2.59. The van der Waals surface area contributed by atoms with Gasteiger partial charge in [-0.3, -0.25) is 4.99 Å². The van der Waals surface area contributed by atoms with Gasteiger partial charge >= 0.3 is 0 Å². The summed E-state index contributed by atoms with van der Waals surface area (Å²) >= 11 is 0. The van der Waals surface area contributed by atoms with Gasteiger partial charge in [-0.15, -0.1) is 24.0 Å². The first kappa shape index (κ1) is 23.0. The number of guanidine groups is 1. The Hall–Kier alpha value is -1.02. The third kappa shape index (κ3) is 10.2. The Balaban J connectivity index is 0.00000338. The molecule has 6 heteroatoms. The number of rotatable bonds is 12. The van der Waals surface area contributed by atoms with Crippen LogP contribution in [0.2, 0.25) is 0 Å². The molecule has 1 aromatic carbocycles. The highest BCUT2D eigenvalue weighted by molar-refractivity contribution is 14.0. The minimum absolute atomic E-state index is 0. The van der Waals surface area contributed by atoms with E-state index in [9.17, 15) is 0 Å². The van der Waals surface area contributed by atoms with Crippen molar-refractivity contribution in [3.63, 3.8) is 0 Å². The molecule has 0 aromatic heterocycles. The number of aliphatic imine (C=N–C) groups is 1. The zero-order chi connectivity index (χ0) is 17.7. The highest BCUT2D eigenvalue weighted by atomic mass is 127. The van der Waals surface area contributed by atoms with Gasteiger partial charge in [-0.2, -0.15) is 0 Å². The quantitative estimate of drug-likeness (QED) is 0.208. The fraction of sp³-hybridized carbons (Fsp3) is 0.650. The first-order valence-corrected chi connectivity index (χ1v) is 9.55. The van der Waals surface area contributed by atoms with Gasteiger partial charge < -0.3 is 20.1 Å². The highest BCUT2D eigenvalue weighted by Gasteiger charge is 2.20. The molecule has 5 nitrogen and oxygen atoms in total. The molecule has 0 saturated heterocycles. The minimum atomic E-state index is 0. The molecule has 0 bridgehead atoms. The van der Waals surface area contributed by atoms with Crippen LogP contribution in [0, 0.1) is 5.92 Å². The summed E-state index contributed by atoms with van der Waals surface area (Å²) in [4.78, 5) is 4.26. The molecule has 2 rings (SSSR count). The molecule has 1 aliphatic carbocycles. The van der Waals surface area contributed by atoms with Crippen LogP contribution in [-0.4, -0.2) is 39.4 Å². The molecule has 0 amide bonds. The van der Waals surface area contributed by atoms with Crippen LogP contribution in [0.5, 0.6) is 5.75 Å². The molecular weight excluding hydrogens is 441 g/mol. The van der Waals surface area contributed by atoms with Crippen molar-refractivity contribution >= 4 is 29.9 Å². The minimum Gasteiger partial charge on any atom is -0.494 e. The van der Waals surface area contributed by atoms with E-state index in [0.717, 1.165) is 69.8 Å². The van der Waals surface area contributed by atoms with Crippen LogP contribution >= 0.6 is 24.0 Å². The third-order valence-corrected chi connectivity index (χ3v) is 4.16. The van der Waals surface area contributed by atoms with E-state index in [2.05, 4.69) is 34.7 Å². The Morgan fingerprint density at radius 3 is 2.77 bits per heavy atom. The number of hydrogen-bond acceptors (Lipinski definition) is 3. The van der Waals surface area contributed by atoms with Crippen molar-refractivity contribution in [3.8, 4) is 5.75 Å². The molecule has 26 heavy (non-hydrogen) atoms. The molecule has 0 heterocycles. The average molecular weight is 475 g/mol. The van der Waals surface area contributed by atoms with Crippen LogP contribution in [0.4, 0.5) is 0 Å². The number of unbranched alkanes of at least 4 members (excludes halogenated alkanes) is 1. The fourth-order valence-electron chi connectivity index (χ4n) is 2.40. The first-order chi connectivity index (χ1) is 12.3. The van der Waals surface area contributed by atoms with Gasteiger partial charge in [0.1, 0.15) is 5.75 Å². The van der Waals surface area contributed by atoms with Crippen LogP contribution in [0.1, 0.15) is 44.6 Å². The molecule has 0 aliphatic heterocycles. The summed E-state index contributed by atoms with van der Waals surface area (Å²) in [7, 11) is 1.79. The molecule has 1 aromatic rings. The lowest BCUT2D eigenvalue weighted by Crippen LogP contribution is -2.37. The second kappa shape index (κ2) is 14.1. The largest absolute Gasteiger partial charge is 0.494 e. The Morgan fingerprint density at radius 1 is 1.19 bits per heavy atom. The van der Waals surface area contributed by atoms with Gasteiger partial charge in [0.05, 0.1) is 6.61 Å². The standard InChI is InChI=1S/C20H33N3O2.HI/c1-3-4-13-25-19-8-5-7-18(14-19)15-23-20(21-2)22-11-6-12-24-16-17-9-10-17;/h5,7-8,14,17H,3-4,6,9-13,15-16H2,1-2H3,(H2,21,22,23);1H. The Morgan fingerprint density at radius 2 is 2.04 bits per heavy atom. The molecule has 2 N–H and O–H groups in total. The normalized spacial score (nSPS) is 13.8. The summed E-state index contributed by atoms with van der Waals surface area (Å²) in [6.45, 7) is 6.29. The monoisotopic (exact) mass is 475 g/mol. The van der Waals surface area contributed by atoms with Crippen LogP contribution in [-0.2, 0) is 11.3 Å². The van der Waals surface area contributed by atoms with Crippen molar-refractivity contribution < 1.29 is 9.47 Å². The first-order valence-electron chi connectivity index (χ1n) is 9.55. The van der Waals surface area contributed by atoms with Crippen molar-refractivity contribution in [2.24, 2.45) is 10.9 Å². The predicted molar refractivity (Wildman–Crippen MR) is 119 cm³/mol. The number of benzene rings is 1. The molecular formula is C20H34IN3O2. The Kier molecular flexibility index (Phi) is 12.5. The summed E-state index contributed by atoms with van der Waals surface area (Å²) in [5, 5.41) is 6.67. The fourth-order valence-corrected chi connectivity index (χ4v) is 2.40. The van der Waals surface area contributed by atoms with Crippen molar-refractivity contribution in [2.75, 3.05) is 33.4 Å². The molecule has 1 saturated carbocycles. The van der Waals surface area contributed by atoms with E-state index in [0.29, 0.717) is 0 Å². The van der Waals surface area contributed by atoms with Crippen LogP contribution in [0.15, 0.2) is 29.3 Å². The van der Waals surface area contributed by atoms with Gasteiger partial charge in [-0.1, -0.05) is 25.5 Å². The SMILES string of the molecule is CCCCOc1cccc(CNC(=NC)NCCCOCC2CC2)c1.I. The molecule has 1 fully saturated rings. The summed E-state index contributed by atoms with van der Waals surface area (Å²) < 4.78 is 11.4. The Labute approximate surface area is 175 Å². The van der Waals surface area contributed by atoms with E-state index in [1.54, 1.807) is 7.05 Å². The van der Waals surface area contributed by atoms with E-state index in [1.165, 1.54) is 18.4 Å². The predicted octanol–water partition coefficient (Wildman–Crippen LogP) is 3.97. The lowest BCUT2D eigenvalue weighted by Gasteiger charge is -2.13. The van der Waals surface area contributed by atoms with E-state index in [4.69, 9.17) is 9.47 Å². The Bertz CT molecular complexity index is 522. The number of hydrogen-bond donors (Lipinski definition) is 2. The van der Waals surface area contributed by atoms with E-state index in [-0.39, 0.29) is 24.0 Å². The molecule has 0 spiro atoms. The summed E-state index contributed by atoms with van der Waals surface area (Å²) in [6.07, 6.45) is 5.92. The smallest absolute Gasteiger partial charge is 0.191 e. The third-order valence-electron chi connectivity index (χ3n) is 4.16. The van der Waals surface area contributed by atoms with Crippen molar-refractivity contribution in [2.45, 2.75) is 45.6 Å². The molecule has 148 valence electrons. The second-order valence-electron chi connectivity index (χ2n) is 6.57. The number of halogens is 1. The number of nitrogens with one attached hydrogen (secondary N) is 2. The molecule has 1 aliphatic rings. The van der Waals surface area contributed by atoms with Gasteiger partial charge in [-0.05, 0) is 49.3 Å². The van der Waals surface area contributed by atoms with E-state index < -0.39 is 0 Å². The maximum Gasteiger partial charge on any atom is 0.191 e. The van der Waals surface area contributed by atoms with Crippen LogP contribution < -0.4 is 15.4 Å². The second-order valence-corrected chi connectivity index (χ2v) is 6.57. The topological polar surface area (TPSA) is 54.9 Å². The summed E-state index contributed by atoms with van der Waals surface area (Å²) in [6, 6.07) is 8.22. The van der Waals surface area contributed by atoms with Gasteiger partial charge in [-0.25, -0.2) is 0 Å². The van der Waals surface area contributed by atoms with Gasteiger partial charge in [0.2, 0.25) is 0 Å². The average Bonchev–Trinajstić information content (AvgIpc) is 3.45. The maximum atomic E-state index is 5.76. The van der Waals surface area contributed by atoms with Crippen LogP contribution in [0.3, 0.4) is 0 Å². The van der Waals surface area contributed by atoms with Gasteiger partial charge in [0, 0.05) is 33.4 Å². The lowest BCUT2D eigenvalue weighted by atomic mass is 10.2. The zero-order valence-corrected chi connectivity index (χ0v) is 18.5. The molecule has 0 radical (unpaired) electrons. The van der Waals surface area contributed by atoms with Gasteiger partial charge in [0.15, 0.2) is 5.96 Å². The number of nitrogens with zero attached hydrogens (tertiary/aromatic N) is 1. The van der Waals surface area contributed by atoms with Crippen molar-refractivity contribution in [1.82, 2.24) is 10.6 Å². The zero-order valence-electron chi connectivity index (χ0n) is 16.1. The van der Waals surface area contributed by atoms with Crippen molar-refractivity contribution in [1.29, 1.82) is 0 Å². The molecule has 0 atom stereocenters.